The van der Waals surface area contributed by atoms with Crippen LogP contribution in [0.4, 0.5) is 12.9 Å². The Hall–Kier alpha value is -1.37. The molecule has 1 rings (SSSR count). The van der Waals surface area contributed by atoms with Crippen molar-refractivity contribution in [3.63, 3.8) is 0 Å². The van der Waals surface area contributed by atoms with Gasteiger partial charge in [-0.1, -0.05) is 5.46 Å². The summed E-state index contributed by atoms with van der Waals surface area (Å²) in [7, 11) is 2.78. The monoisotopic (exact) mass is 263 g/mol. The Morgan fingerprint density at radius 2 is 1.89 bits per heavy atom. The largest absolute Gasteiger partial charge is 0.513 e. The molecule has 0 N–H and O–H groups in total. The molecule has 0 radical (unpaired) electrons. The Bertz CT molecular complexity index is 396. The van der Waals surface area contributed by atoms with E-state index < -0.39 is 12.4 Å². The van der Waals surface area contributed by atoms with Crippen LogP contribution in [0.5, 0.6) is 11.5 Å². The molecule has 0 heterocycles. The Morgan fingerprint density at radius 1 is 1.22 bits per heavy atom. The van der Waals surface area contributed by atoms with E-state index in [2.05, 4.69) is 0 Å². The second-order valence-electron chi connectivity index (χ2n) is 3.84. The minimum Gasteiger partial charge on any atom is -0.497 e. The molecule has 0 aliphatic rings. The highest BCUT2D eigenvalue weighted by atomic mass is 19.4. The maximum Gasteiger partial charge on any atom is 0.513 e. The van der Waals surface area contributed by atoms with Gasteiger partial charge in [-0.05, 0) is 25.1 Å². The number of halogens is 3. The van der Waals surface area contributed by atoms with E-state index in [1.54, 1.807) is 6.92 Å². The summed E-state index contributed by atoms with van der Waals surface area (Å²) in [6, 6.07) is 3.62. The quantitative estimate of drug-likeness (QED) is 0.736. The first-order chi connectivity index (χ1) is 8.38. The van der Waals surface area contributed by atoms with Crippen LogP contribution in [0.1, 0.15) is 6.92 Å². The van der Waals surface area contributed by atoms with Crippen molar-refractivity contribution in [2.24, 2.45) is 0 Å². The average molecular weight is 263 g/mol. The third-order valence-corrected chi connectivity index (χ3v) is 2.45. The third-order valence-electron chi connectivity index (χ3n) is 2.45. The summed E-state index contributed by atoms with van der Waals surface area (Å²) in [6.07, 6.45) is -0.277. The van der Waals surface area contributed by atoms with Crippen LogP contribution in [0, 0.1) is 0 Å². The summed E-state index contributed by atoms with van der Waals surface area (Å²) in [6.45, 7) is -3.38. The van der Waals surface area contributed by atoms with Crippen molar-refractivity contribution in [2.45, 2.75) is 13.0 Å². The van der Waals surface area contributed by atoms with E-state index in [1.807, 2.05) is 0 Å². The predicted molar refractivity (Wildman–Crippen MR) is 63.7 cm³/mol. The molecule has 102 valence electrons. The van der Waals surface area contributed by atoms with Crippen molar-refractivity contribution in [3.8, 4) is 11.5 Å². The molecule has 18 heavy (non-hydrogen) atoms. The minimum atomic E-state index is -5.15. The van der Waals surface area contributed by atoms with Gasteiger partial charge in [0.2, 0.25) is 0 Å². The molecule has 1 aromatic carbocycles. The van der Waals surface area contributed by atoms with Crippen LogP contribution < -0.4 is 14.9 Å². The molecule has 7 heteroatoms. The highest BCUT2D eigenvalue weighted by molar-refractivity contribution is 6.74. The van der Waals surface area contributed by atoms with Gasteiger partial charge in [-0.25, -0.2) is 0 Å². The van der Waals surface area contributed by atoms with Gasteiger partial charge in [-0.2, -0.15) is 0 Å². The normalized spacial score (nSPS) is 13.2. The number of methoxy groups -OCH3 is 2. The molecule has 0 aliphatic carbocycles. The third kappa shape index (κ3) is 3.84. The van der Waals surface area contributed by atoms with Gasteiger partial charge in [-0.3, -0.25) is 0 Å². The number of benzene rings is 1. The fourth-order valence-corrected chi connectivity index (χ4v) is 1.32. The van der Waals surface area contributed by atoms with Gasteiger partial charge in [0.25, 0.3) is 0 Å². The molecule has 0 spiro atoms. The second-order valence-corrected chi connectivity index (χ2v) is 3.84. The zero-order chi connectivity index (χ0) is 13.8. The van der Waals surface area contributed by atoms with Gasteiger partial charge in [-0.15, -0.1) is 0 Å². The van der Waals surface area contributed by atoms with Crippen molar-refractivity contribution in [2.75, 3.05) is 20.8 Å². The van der Waals surface area contributed by atoms with Crippen molar-refractivity contribution in [3.05, 3.63) is 18.2 Å². The highest BCUT2D eigenvalue weighted by Gasteiger charge is 2.30. The van der Waals surface area contributed by atoms with E-state index >= 15 is 0 Å². The summed E-state index contributed by atoms with van der Waals surface area (Å²) in [5.41, 5.74) is -0.794. The summed E-state index contributed by atoms with van der Waals surface area (Å²) in [5, 5.41) is 0. The van der Waals surface area contributed by atoms with Crippen LogP contribution in [-0.2, 0) is 4.74 Å². The zero-order valence-corrected chi connectivity index (χ0v) is 10.5. The van der Waals surface area contributed by atoms with E-state index in [0.717, 1.165) is 6.07 Å². The molecule has 0 aromatic heterocycles. The van der Waals surface area contributed by atoms with Crippen LogP contribution >= 0.6 is 0 Å². The molecule has 0 saturated heterocycles. The zero-order valence-electron chi connectivity index (χ0n) is 10.5. The first kappa shape index (κ1) is 14.7. The van der Waals surface area contributed by atoms with Gasteiger partial charge in [0.15, 0.2) is 0 Å². The van der Waals surface area contributed by atoms with Crippen LogP contribution in [-0.4, -0.2) is 33.9 Å². The first-order valence-corrected chi connectivity index (χ1v) is 5.42. The molecule has 1 aromatic rings. The fraction of sp³-hybridized carbons (Fsp3) is 0.455. The Balaban J connectivity index is 2.96. The Morgan fingerprint density at radius 3 is 2.39 bits per heavy atom. The number of hydrogen-bond acceptors (Lipinski definition) is 3. The van der Waals surface area contributed by atoms with Crippen LogP contribution in [0.2, 0.25) is 0 Å². The predicted octanol–water partition coefficient (Wildman–Crippen LogP) is 2.16. The number of rotatable bonds is 6. The van der Waals surface area contributed by atoms with Gasteiger partial charge >= 0.3 is 6.98 Å². The molecule has 0 aliphatic heterocycles. The van der Waals surface area contributed by atoms with Crippen molar-refractivity contribution >= 4 is 12.4 Å². The standard InChI is InChI=1S/C11H15BF3O3/c1-8(16-2)7-18-11-5-4-9(17-3)6-10(11)12(13,14)15/h4-6,8H,7H2,1-3H3/q-1. The van der Waals surface area contributed by atoms with Crippen LogP contribution in [0.3, 0.4) is 0 Å². The molecule has 0 bridgehead atoms. The van der Waals surface area contributed by atoms with E-state index in [9.17, 15) is 12.9 Å². The molecule has 1 atom stereocenters. The average Bonchev–Trinajstić information content (AvgIpc) is 2.34. The summed E-state index contributed by atoms with van der Waals surface area (Å²) < 4.78 is 53.4. The van der Waals surface area contributed by atoms with E-state index in [4.69, 9.17) is 14.2 Å². The van der Waals surface area contributed by atoms with Crippen molar-refractivity contribution < 1.29 is 27.2 Å². The number of hydrogen-bond donors (Lipinski definition) is 0. The maximum absolute atomic E-state index is 12.9. The molecule has 0 fully saturated rings. The topological polar surface area (TPSA) is 27.7 Å². The van der Waals surface area contributed by atoms with Gasteiger partial charge < -0.3 is 27.2 Å². The smallest absolute Gasteiger partial charge is 0.497 e. The minimum absolute atomic E-state index is 0.0575. The molecule has 0 amide bonds. The van der Waals surface area contributed by atoms with Gasteiger partial charge in [0, 0.05) is 7.11 Å². The summed E-state index contributed by atoms with van der Waals surface area (Å²) >= 11 is 0. The highest BCUT2D eigenvalue weighted by Crippen LogP contribution is 2.22. The lowest BCUT2D eigenvalue weighted by molar-refractivity contribution is 0.0719. The SMILES string of the molecule is COc1ccc(OCC(C)OC)c([B-](F)(F)F)c1. The van der Waals surface area contributed by atoms with Gasteiger partial charge in [0.1, 0.15) is 12.4 Å². The lowest BCUT2D eigenvalue weighted by Gasteiger charge is -2.21. The lowest BCUT2D eigenvalue weighted by atomic mass is 9.79. The van der Waals surface area contributed by atoms with Gasteiger partial charge in [0.05, 0.1) is 19.0 Å². The molecule has 3 nitrogen and oxygen atoms in total. The van der Waals surface area contributed by atoms with Crippen LogP contribution in [0.15, 0.2) is 18.2 Å². The lowest BCUT2D eigenvalue weighted by Crippen LogP contribution is -2.36. The molecular formula is C11H15BF3O3-. The molecule has 1 unspecified atom stereocenters. The number of ether oxygens (including phenoxy) is 3. The van der Waals surface area contributed by atoms with E-state index in [1.165, 1.54) is 26.4 Å². The summed E-state index contributed by atoms with van der Waals surface area (Å²) in [4.78, 5) is 0. The van der Waals surface area contributed by atoms with E-state index in [-0.39, 0.29) is 24.2 Å². The Labute approximate surface area is 104 Å². The fourth-order valence-electron chi connectivity index (χ4n) is 1.32. The van der Waals surface area contributed by atoms with E-state index in [0.29, 0.717) is 0 Å². The summed E-state index contributed by atoms with van der Waals surface area (Å²) in [5.74, 6) is -0.0523. The first-order valence-electron chi connectivity index (χ1n) is 5.42. The van der Waals surface area contributed by atoms with Crippen LogP contribution in [0.25, 0.3) is 0 Å². The molecule has 0 saturated carbocycles. The Kier molecular flexibility index (Phi) is 4.89. The second kappa shape index (κ2) is 5.99. The molecular weight excluding hydrogens is 248 g/mol. The maximum atomic E-state index is 12.9. The van der Waals surface area contributed by atoms with Crippen molar-refractivity contribution in [1.29, 1.82) is 0 Å². The van der Waals surface area contributed by atoms with Crippen molar-refractivity contribution in [1.82, 2.24) is 0 Å².